The molecule has 1 aromatic rings. The molecule has 1 rings (SSSR count). The second kappa shape index (κ2) is 7.89. The van der Waals surface area contributed by atoms with Gasteiger partial charge in [0.2, 0.25) is 0 Å². The minimum atomic E-state index is -1.18. The van der Waals surface area contributed by atoms with Crippen molar-refractivity contribution in [2.24, 2.45) is 5.73 Å². The fourth-order valence-electron chi connectivity index (χ4n) is 1.92. The Balaban J connectivity index is 2.75. The summed E-state index contributed by atoms with van der Waals surface area (Å²) < 4.78 is 4.75. The number of rotatable bonds is 7. The molecule has 2 atom stereocenters. The predicted octanol–water partition coefficient (Wildman–Crippen LogP) is 0.535. The van der Waals surface area contributed by atoms with Gasteiger partial charge in [0.25, 0.3) is 0 Å². The van der Waals surface area contributed by atoms with Gasteiger partial charge in [0.1, 0.15) is 6.10 Å². The van der Waals surface area contributed by atoms with Crippen LogP contribution in [0.15, 0.2) is 24.3 Å². The summed E-state index contributed by atoms with van der Waals surface area (Å²) in [6.45, 7) is 2.40. The molecule has 0 saturated carbocycles. The summed E-state index contributed by atoms with van der Waals surface area (Å²) in [6, 6.07) is 7.20. The van der Waals surface area contributed by atoms with Crippen molar-refractivity contribution in [3.05, 3.63) is 35.4 Å². The predicted molar refractivity (Wildman–Crippen MR) is 71.4 cm³/mol. The summed E-state index contributed by atoms with van der Waals surface area (Å²) in [5.74, 6) is -0.523. The van der Waals surface area contributed by atoms with Gasteiger partial charge in [-0.1, -0.05) is 24.3 Å². The van der Waals surface area contributed by atoms with Crippen molar-refractivity contribution < 1.29 is 19.7 Å². The highest BCUT2D eigenvalue weighted by Gasteiger charge is 2.23. The molecule has 4 N–H and O–H groups in total. The highest BCUT2D eigenvalue weighted by molar-refractivity contribution is 5.70. The molecule has 0 radical (unpaired) electrons. The normalized spacial score (nSPS) is 13.9. The van der Waals surface area contributed by atoms with Crippen LogP contribution in [0.4, 0.5) is 0 Å². The van der Waals surface area contributed by atoms with E-state index in [-0.39, 0.29) is 13.0 Å². The minimum Gasteiger partial charge on any atom is -0.466 e. The van der Waals surface area contributed by atoms with Gasteiger partial charge in [-0.15, -0.1) is 0 Å². The van der Waals surface area contributed by atoms with Crippen molar-refractivity contribution in [3.8, 4) is 0 Å². The van der Waals surface area contributed by atoms with E-state index in [1.807, 2.05) is 12.1 Å². The monoisotopic (exact) mass is 267 g/mol. The number of hydrogen-bond acceptors (Lipinski definition) is 5. The molecule has 0 fully saturated rings. The Morgan fingerprint density at radius 2 is 2.05 bits per heavy atom. The van der Waals surface area contributed by atoms with E-state index in [0.29, 0.717) is 18.5 Å². The molecule has 0 aromatic heterocycles. The van der Waals surface area contributed by atoms with Gasteiger partial charge in [0.15, 0.2) is 0 Å². The van der Waals surface area contributed by atoms with E-state index in [9.17, 15) is 15.0 Å². The highest BCUT2D eigenvalue weighted by Crippen LogP contribution is 2.23. The Kier molecular flexibility index (Phi) is 6.49. The number of carbonyl (C=O) groups is 1. The molecule has 0 bridgehead atoms. The Morgan fingerprint density at radius 3 is 2.68 bits per heavy atom. The zero-order valence-electron chi connectivity index (χ0n) is 11.1. The molecule has 0 amide bonds. The van der Waals surface area contributed by atoms with Gasteiger partial charge in [0, 0.05) is 0 Å². The number of esters is 1. The Bertz CT molecular complexity index is 408. The van der Waals surface area contributed by atoms with Crippen molar-refractivity contribution in [2.75, 3.05) is 13.2 Å². The molecule has 0 aliphatic heterocycles. The number of nitrogens with two attached hydrogens (primary N) is 1. The van der Waals surface area contributed by atoms with E-state index in [4.69, 9.17) is 10.5 Å². The van der Waals surface area contributed by atoms with Crippen LogP contribution in [0, 0.1) is 0 Å². The van der Waals surface area contributed by atoms with Gasteiger partial charge in [-0.25, -0.2) is 0 Å². The summed E-state index contributed by atoms with van der Waals surface area (Å²) in [5, 5.41) is 20.0. The summed E-state index contributed by atoms with van der Waals surface area (Å²) in [5.41, 5.74) is 6.98. The number of benzene rings is 1. The number of hydrogen-bond donors (Lipinski definition) is 3. The first-order chi connectivity index (χ1) is 9.10. The van der Waals surface area contributed by atoms with Crippen molar-refractivity contribution in [3.63, 3.8) is 0 Å². The molecule has 0 spiro atoms. The number of carbonyl (C=O) groups excluding carboxylic acids is 1. The fraction of sp³-hybridized carbons (Fsp3) is 0.500. The summed E-state index contributed by atoms with van der Waals surface area (Å²) in [7, 11) is 0. The van der Waals surface area contributed by atoms with E-state index in [1.165, 1.54) is 0 Å². The quantitative estimate of drug-likeness (QED) is 0.627. The van der Waals surface area contributed by atoms with Crippen LogP contribution in [0.3, 0.4) is 0 Å². The second-order valence-electron chi connectivity index (χ2n) is 4.26. The van der Waals surface area contributed by atoms with Crippen LogP contribution >= 0.6 is 0 Å². The number of ether oxygens (including phenoxy) is 1. The van der Waals surface area contributed by atoms with Crippen LogP contribution in [0.25, 0.3) is 0 Å². The van der Waals surface area contributed by atoms with Crippen LogP contribution in [0.1, 0.15) is 30.6 Å². The molecule has 0 saturated heterocycles. The first kappa shape index (κ1) is 15.6. The van der Waals surface area contributed by atoms with E-state index in [1.54, 1.807) is 19.1 Å². The molecule has 106 valence electrons. The molecule has 0 aliphatic carbocycles. The lowest BCUT2D eigenvalue weighted by Gasteiger charge is -2.20. The zero-order valence-corrected chi connectivity index (χ0v) is 11.1. The maximum absolute atomic E-state index is 11.3. The standard InChI is InChI=1S/C14H21NO4/c1-2-19-13(17)9-12(16)14(18)11-6-4-3-5-10(11)7-8-15/h3-6,12,14,16,18H,2,7-9,15H2,1H3. The van der Waals surface area contributed by atoms with Gasteiger partial charge < -0.3 is 20.7 Å². The van der Waals surface area contributed by atoms with Gasteiger partial charge >= 0.3 is 5.97 Å². The van der Waals surface area contributed by atoms with Crippen molar-refractivity contribution >= 4 is 5.97 Å². The number of aliphatic hydroxyl groups excluding tert-OH is 2. The minimum absolute atomic E-state index is 0.230. The molecule has 1 aromatic carbocycles. The first-order valence-corrected chi connectivity index (χ1v) is 6.39. The smallest absolute Gasteiger partial charge is 0.308 e. The summed E-state index contributed by atoms with van der Waals surface area (Å²) in [6.07, 6.45) is -1.92. The molecule has 19 heavy (non-hydrogen) atoms. The van der Waals surface area contributed by atoms with Gasteiger partial charge in [-0.05, 0) is 31.0 Å². The largest absolute Gasteiger partial charge is 0.466 e. The second-order valence-corrected chi connectivity index (χ2v) is 4.26. The van der Waals surface area contributed by atoms with E-state index in [0.717, 1.165) is 5.56 Å². The van der Waals surface area contributed by atoms with E-state index in [2.05, 4.69) is 0 Å². The SMILES string of the molecule is CCOC(=O)CC(O)C(O)c1ccccc1CCN. The summed E-state index contributed by atoms with van der Waals surface area (Å²) in [4.78, 5) is 11.3. The first-order valence-electron chi connectivity index (χ1n) is 6.39. The van der Waals surface area contributed by atoms with E-state index >= 15 is 0 Å². The maximum Gasteiger partial charge on any atom is 0.308 e. The van der Waals surface area contributed by atoms with Crippen LogP contribution in [0.5, 0.6) is 0 Å². The molecule has 0 heterocycles. The Hall–Kier alpha value is -1.43. The third-order valence-electron chi connectivity index (χ3n) is 2.83. The maximum atomic E-state index is 11.3. The average molecular weight is 267 g/mol. The molecule has 2 unspecified atom stereocenters. The van der Waals surface area contributed by atoms with Crippen molar-refractivity contribution in [1.29, 1.82) is 0 Å². The fourth-order valence-corrected chi connectivity index (χ4v) is 1.92. The third kappa shape index (κ3) is 4.63. The summed E-state index contributed by atoms with van der Waals surface area (Å²) >= 11 is 0. The van der Waals surface area contributed by atoms with Gasteiger partial charge in [-0.3, -0.25) is 4.79 Å². The van der Waals surface area contributed by atoms with Gasteiger partial charge in [0.05, 0.1) is 19.1 Å². The Labute approximate surface area is 113 Å². The van der Waals surface area contributed by atoms with Crippen molar-refractivity contribution in [2.45, 2.75) is 32.0 Å². The lowest BCUT2D eigenvalue weighted by molar-refractivity contribution is -0.147. The topological polar surface area (TPSA) is 92.8 Å². The van der Waals surface area contributed by atoms with Crippen LogP contribution in [-0.4, -0.2) is 35.4 Å². The lowest BCUT2D eigenvalue weighted by atomic mass is 9.95. The highest BCUT2D eigenvalue weighted by atomic mass is 16.5. The van der Waals surface area contributed by atoms with Gasteiger partial charge in [-0.2, -0.15) is 0 Å². The lowest BCUT2D eigenvalue weighted by Crippen LogP contribution is -2.24. The van der Waals surface area contributed by atoms with Crippen molar-refractivity contribution in [1.82, 2.24) is 0 Å². The average Bonchev–Trinajstić information content (AvgIpc) is 2.39. The Morgan fingerprint density at radius 1 is 1.37 bits per heavy atom. The molecular formula is C14H21NO4. The van der Waals surface area contributed by atoms with Crippen LogP contribution in [0.2, 0.25) is 0 Å². The molecule has 5 nitrogen and oxygen atoms in total. The third-order valence-corrected chi connectivity index (χ3v) is 2.83. The molecule has 5 heteroatoms. The zero-order chi connectivity index (χ0) is 14.3. The molecular weight excluding hydrogens is 246 g/mol. The number of aliphatic hydroxyl groups is 2. The van der Waals surface area contributed by atoms with Crippen LogP contribution < -0.4 is 5.73 Å². The molecule has 0 aliphatic rings. The van der Waals surface area contributed by atoms with E-state index < -0.39 is 18.2 Å². The van der Waals surface area contributed by atoms with Crippen LogP contribution in [-0.2, 0) is 16.0 Å².